The van der Waals surface area contributed by atoms with Gasteiger partial charge in [-0.2, -0.15) is 10.4 Å². The normalized spacial score (nSPS) is 10.7. The van der Waals surface area contributed by atoms with Gasteiger partial charge in [0, 0.05) is 5.39 Å². The summed E-state index contributed by atoms with van der Waals surface area (Å²) in [5.41, 5.74) is 1.86. The van der Waals surface area contributed by atoms with Crippen molar-refractivity contribution < 1.29 is 14.0 Å². The molecule has 1 amide bonds. The van der Waals surface area contributed by atoms with Crippen molar-refractivity contribution in [2.24, 2.45) is 0 Å². The lowest BCUT2D eigenvalue weighted by atomic mass is 10.1. The number of fused-ring (bicyclic) bond motifs is 1. The smallest absolute Gasteiger partial charge is 0.261 e. The van der Waals surface area contributed by atoms with E-state index in [1.807, 2.05) is 42.5 Å². The molecule has 0 atom stereocenters. The van der Waals surface area contributed by atoms with E-state index in [4.69, 9.17) is 4.42 Å². The Hall–Kier alpha value is -4.25. The van der Waals surface area contributed by atoms with E-state index in [0.717, 1.165) is 10.9 Å². The number of hydrogen-bond donors (Lipinski definition) is 1. The van der Waals surface area contributed by atoms with E-state index >= 15 is 0 Å². The Labute approximate surface area is 171 Å². The topological polar surface area (TPSA) is 114 Å². The van der Waals surface area contributed by atoms with E-state index in [9.17, 15) is 14.9 Å². The van der Waals surface area contributed by atoms with Crippen LogP contribution in [0, 0.1) is 25.2 Å². The SMILES string of the molecule is CC(=O)c1c(C)oc(NC(=O)c2cnn(-c3ccc4ccccc4n3)c2C)c1C#N. The molecule has 0 aliphatic carbocycles. The highest BCUT2D eigenvalue weighted by atomic mass is 16.4. The highest BCUT2D eigenvalue weighted by Crippen LogP contribution is 2.27. The largest absolute Gasteiger partial charge is 0.443 e. The van der Waals surface area contributed by atoms with Gasteiger partial charge in [0.15, 0.2) is 11.6 Å². The molecule has 3 heterocycles. The number of nitriles is 1. The minimum atomic E-state index is -0.500. The first-order valence-electron chi connectivity index (χ1n) is 9.17. The molecule has 0 saturated carbocycles. The molecule has 8 heteroatoms. The first-order valence-corrected chi connectivity index (χ1v) is 9.17. The zero-order valence-corrected chi connectivity index (χ0v) is 16.6. The van der Waals surface area contributed by atoms with Crippen LogP contribution < -0.4 is 5.32 Å². The van der Waals surface area contributed by atoms with Gasteiger partial charge in [-0.25, -0.2) is 9.67 Å². The van der Waals surface area contributed by atoms with Gasteiger partial charge in [0.1, 0.15) is 17.4 Å². The van der Waals surface area contributed by atoms with Crippen LogP contribution in [0.5, 0.6) is 0 Å². The Kier molecular flexibility index (Phi) is 4.64. The van der Waals surface area contributed by atoms with Crippen molar-refractivity contribution in [3.63, 3.8) is 0 Å². The van der Waals surface area contributed by atoms with Crippen molar-refractivity contribution in [2.45, 2.75) is 20.8 Å². The number of rotatable bonds is 4. The van der Waals surface area contributed by atoms with E-state index < -0.39 is 5.91 Å². The summed E-state index contributed by atoms with van der Waals surface area (Å²) < 4.78 is 7.03. The number of aromatic nitrogens is 3. The van der Waals surface area contributed by atoms with Crippen molar-refractivity contribution in [3.05, 3.63) is 70.7 Å². The van der Waals surface area contributed by atoms with E-state index in [1.54, 1.807) is 18.5 Å². The molecule has 4 rings (SSSR count). The van der Waals surface area contributed by atoms with Crippen LogP contribution in [-0.2, 0) is 0 Å². The van der Waals surface area contributed by atoms with Gasteiger partial charge in [-0.05, 0) is 39.0 Å². The molecular weight excluding hydrogens is 382 g/mol. The Morgan fingerprint density at radius 3 is 2.67 bits per heavy atom. The Morgan fingerprint density at radius 2 is 1.93 bits per heavy atom. The van der Waals surface area contributed by atoms with Crippen molar-refractivity contribution in [1.82, 2.24) is 14.8 Å². The predicted molar refractivity (Wildman–Crippen MR) is 110 cm³/mol. The second-order valence-corrected chi connectivity index (χ2v) is 6.78. The third-order valence-electron chi connectivity index (χ3n) is 4.83. The number of carbonyl (C=O) groups is 2. The van der Waals surface area contributed by atoms with Crippen LogP contribution in [0.3, 0.4) is 0 Å². The maximum atomic E-state index is 12.8. The number of anilines is 1. The molecule has 0 bridgehead atoms. The van der Waals surface area contributed by atoms with Gasteiger partial charge in [-0.3, -0.25) is 14.9 Å². The number of amides is 1. The zero-order chi connectivity index (χ0) is 21.4. The molecule has 0 fully saturated rings. The molecule has 0 saturated heterocycles. The highest BCUT2D eigenvalue weighted by molar-refractivity contribution is 6.06. The van der Waals surface area contributed by atoms with Crippen molar-refractivity contribution in [1.29, 1.82) is 5.26 Å². The van der Waals surface area contributed by atoms with E-state index in [0.29, 0.717) is 17.1 Å². The molecule has 4 aromatic rings. The average molecular weight is 399 g/mol. The molecule has 148 valence electrons. The first-order chi connectivity index (χ1) is 14.4. The van der Waals surface area contributed by atoms with Gasteiger partial charge in [-0.1, -0.05) is 18.2 Å². The fourth-order valence-electron chi connectivity index (χ4n) is 3.37. The quantitative estimate of drug-likeness (QED) is 0.520. The summed E-state index contributed by atoms with van der Waals surface area (Å²) >= 11 is 0. The van der Waals surface area contributed by atoms with Crippen LogP contribution in [-0.4, -0.2) is 26.5 Å². The molecule has 30 heavy (non-hydrogen) atoms. The molecule has 0 radical (unpaired) electrons. The van der Waals surface area contributed by atoms with Crippen molar-refractivity contribution >= 4 is 28.5 Å². The number of benzene rings is 1. The molecule has 0 unspecified atom stereocenters. The number of ketones is 1. The number of pyridine rings is 1. The number of Topliss-reactive ketones (excluding diaryl/α,β-unsaturated/α-hetero) is 1. The van der Waals surface area contributed by atoms with Crippen molar-refractivity contribution in [3.8, 4) is 11.9 Å². The molecular formula is C22H17N5O3. The lowest BCUT2D eigenvalue weighted by Gasteiger charge is -2.06. The molecule has 0 aliphatic heterocycles. The van der Waals surface area contributed by atoms with Gasteiger partial charge < -0.3 is 4.42 Å². The number of carbonyl (C=O) groups excluding carboxylic acids is 2. The molecule has 0 spiro atoms. The minimum absolute atomic E-state index is 0.00888. The van der Waals surface area contributed by atoms with E-state index in [-0.39, 0.29) is 28.6 Å². The summed E-state index contributed by atoms with van der Waals surface area (Å²) in [6.07, 6.45) is 1.43. The average Bonchev–Trinajstić information content (AvgIpc) is 3.26. The number of aryl methyl sites for hydroxylation is 1. The van der Waals surface area contributed by atoms with Crippen LogP contribution in [0.1, 0.15) is 44.7 Å². The van der Waals surface area contributed by atoms with Gasteiger partial charge >= 0.3 is 0 Å². The summed E-state index contributed by atoms with van der Waals surface area (Å²) in [7, 11) is 0. The maximum Gasteiger partial charge on any atom is 0.261 e. The molecule has 1 aromatic carbocycles. The summed E-state index contributed by atoms with van der Waals surface area (Å²) in [5.74, 6) is -0.00134. The first kappa shape index (κ1) is 19.1. The fourth-order valence-corrected chi connectivity index (χ4v) is 3.37. The van der Waals surface area contributed by atoms with Crippen LogP contribution in [0.4, 0.5) is 5.88 Å². The third kappa shape index (κ3) is 3.12. The van der Waals surface area contributed by atoms with Gasteiger partial charge in [-0.15, -0.1) is 0 Å². The number of hydrogen-bond acceptors (Lipinski definition) is 6. The van der Waals surface area contributed by atoms with E-state index in [1.165, 1.54) is 13.1 Å². The Morgan fingerprint density at radius 1 is 1.17 bits per heavy atom. The Bertz CT molecular complexity index is 1360. The maximum absolute atomic E-state index is 12.8. The minimum Gasteiger partial charge on any atom is -0.443 e. The molecule has 3 aromatic heterocycles. The summed E-state index contributed by atoms with van der Waals surface area (Å²) in [6, 6.07) is 13.4. The van der Waals surface area contributed by atoms with Crippen LogP contribution in [0.2, 0.25) is 0 Å². The number of nitrogens with zero attached hydrogens (tertiary/aromatic N) is 4. The highest BCUT2D eigenvalue weighted by Gasteiger charge is 2.24. The van der Waals surface area contributed by atoms with Gasteiger partial charge in [0.2, 0.25) is 5.88 Å². The standard InChI is InChI=1S/C22H17N5O3/c1-12-17(21(29)26-22-16(10-23)20(13(2)28)14(3)30-22)11-24-27(12)19-9-8-15-6-4-5-7-18(15)25-19/h4-9,11H,1-3H3,(H,26,29). The molecule has 1 N–H and O–H groups in total. The number of furan rings is 1. The third-order valence-corrected chi connectivity index (χ3v) is 4.83. The summed E-state index contributed by atoms with van der Waals surface area (Å²) in [5, 5.41) is 17.3. The second-order valence-electron chi connectivity index (χ2n) is 6.78. The number of nitrogens with one attached hydrogen (secondary N) is 1. The lowest BCUT2D eigenvalue weighted by molar-refractivity contribution is 0.101. The van der Waals surface area contributed by atoms with Crippen LogP contribution in [0.25, 0.3) is 16.7 Å². The van der Waals surface area contributed by atoms with Gasteiger partial charge in [0.05, 0.1) is 28.5 Å². The van der Waals surface area contributed by atoms with Crippen molar-refractivity contribution in [2.75, 3.05) is 5.32 Å². The second kappa shape index (κ2) is 7.29. The zero-order valence-electron chi connectivity index (χ0n) is 16.6. The number of para-hydroxylation sites is 1. The monoisotopic (exact) mass is 399 g/mol. The Balaban J connectivity index is 1.67. The predicted octanol–water partition coefficient (Wildman–Crippen LogP) is 3.96. The van der Waals surface area contributed by atoms with Gasteiger partial charge in [0.25, 0.3) is 5.91 Å². The molecule has 8 nitrogen and oxygen atoms in total. The molecule has 0 aliphatic rings. The van der Waals surface area contributed by atoms with Crippen LogP contribution in [0.15, 0.2) is 47.0 Å². The fraction of sp³-hybridized carbons (Fsp3) is 0.136. The lowest BCUT2D eigenvalue weighted by Crippen LogP contribution is -2.14. The van der Waals surface area contributed by atoms with E-state index in [2.05, 4.69) is 15.4 Å². The summed E-state index contributed by atoms with van der Waals surface area (Å²) in [6.45, 7) is 4.66. The van der Waals surface area contributed by atoms with Crippen LogP contribution >= 0.6 is 0 Å². The summed E-state index contributed by atoms with van der Waals surface area (Å²) in [4.78, 5) is 29.2.